The van der Waals surface area contributed by atoms with Crippen LogP contribution in [0.15, 0.2) is 24.3 Å². The number of aromatic nitrogens is 2. The largest absolute Gasteiger partial charge is 0.290 e. The van der Waals surface area contributed by atoms with Crippen molar-refractivity contribution >= 4 is 11.6 Å². The molecule has 0 bridgehead atoms. The number of nitro benzene ring substituents is 1. The lowest BCUT2D eigenvalue weighted by Crippen LogP contribution is -2.30. The van der Waals surface area contributed by atoms with Crippen LogP contribution in [0.5, 0.6) is 0 Å². The number of aromatic amines is 1. The Morgan fingerprint density at radius 2 is 2.05 bits per heavy atom. The molecule has 0 aliphatic rings. The van der Waals surface area contributed by atoms with Crippen LogP contribution in [-0.4, -0.2) is 21.0 Å². The molecule has 98 valence electrons. The molecule has 1 amide bonds. The van der Waals surface area contributed by atoms with Crippen molar-refractivity contribution in [3.63, 3.8) is 0 Å². The number of aryl methyl sites for hydroxylation is 1. The van der Waals surface area contributed by atoms with Gasteiger partial charge in [0.25, 0.3) is 11.6 Å². The number of carbonyl (C=O) groups excluding carboxylic acids is 1. The van der Waals surface area contributed by atoms with Gasteiger partial charge < -0.3 is 0 Å². The highest BCUT2D eigenvalue weighted by molar-refractivity contribution is 6.00. The SMILES string of the molecule is Cc1[nH]nc(-c2ccc([N+](=O)[O-])cc2)c1C(=O)NN. The number of hydrazine groups is 1. The van der Waals surface area contributed by atoms with Crippen LogP contribution < -0.4 is 11.3 Å². The van der Waals surface area contributed by atoms with Gasteiger partial charge in [0, 0.05) is 23.4 Å². The van der Waals surface area contributed by atoms with Crippen molar-refractivity contribution in [2.45, 2.75) is 6.92 Å². The van der Waals surface area contributed by atoms with Gasteiger partial charge in [0.15, 0.2) is 0 Å². The fraction of sp³-hybridized carbons (Fsp3) is 0.0909. The van der Waals surface area contributed by atoms with Crippen molar-refractivity contribution in [3.05, 3.63) is 45.6 Å². The number of amides is 1. The zero-order chi connectivity index (χ0) is 14.0. The number of hydrogen-bond acceptors (Lipinski definition) is 5. The summed E-state index contributed by atoms with van der Waals surface area (Å²) in [6.45, 7) is 1.69. The van der Waals surface area contributed by atoms with E-state index < -0.39 is 10.8 Å². The van der Waals surface area contributed by atoms with Crippen molar-refractivity contribution in [3.8, 4) is 11.3 Å². The summed E-state index contributed by atoms with van der Waals surface area (Å²) < 4.78 is 0. The highest BCUT2D eigenvalue weighted by atomic mass is 16.6. The summed E-state index contributed by atoms with van der Waals surface area (Å²) in [7, 11) is 0. The summed E-state index contributed by atoms with van der Waals surface area (Å²) >= 11 is 0. The Labute approximate surface area is 107 Å². The summed E-state index contributed by atoms with van der Waals surface area (Å²) in [6, 6.07) is 5.76. The quantitative estimate of drug-likeness (QED) is 0.327. The van der Waals surface area contributed by atoms with Gasteiger partial charge in [0.05, 0.1) is 10.5 Å². The molecule has 0 spiro atoms. The van der Waals surface area contributed by atoms with E-state index in [1.165, 1.54) is 24.3 Å². The molecule has 2 aromatic rings. The minimum Gasteiger partial charge on any atom is -0.290 e. The van der Waals surface area contributed by atoms with E-state index in [0.717, 1.165) is 0 Å². The number of nitro groups is 1. The number of non-ortho nitro benzene ring substituents is 1. The van der Waals surface area contributed by atoms with Crippen molar-refractivity contribution in [2.75, 3.05) is 0 Å². The van der Waals surface area contributed by atoms with Gasteiger partial charge in [0.2, 0.25) is 0 Å². The number of nitrogen functional groups attached to an aromatic ring is 1. The third kappa shape index (κ3) is 2.29. The third-order valence-electron chi connectivity index (χ3n) is 2.66. The summed E-state index contributed by atoms with van der Waals surface area (Å²) in [5, 5.41) is 17.3. The molecule has 2 rings (SSSR count). The Kier molecular flexibility index (Phi) is 3.25. The number of hydrogen-bond donors (Lipinski definition) is 3. The molecule has 0 unspecified atom stereocenters. The van der Waals surface area contributed by atoms with E-state index >= 15 is 0 Å². The minimum atomic E-state index is -0.493. The van der Waals surface area contributed by atoms with Gasteiger partial charge in [-0.1, -0.05) is 0 Å². The molecule has 0 atom stereocenters. The van der Waals surface area contributed by atoms with Crippen molar-refractivity contribution in [2.24, 2.45) is 5.84 Å². The van der Waals surface area contributed by atoms with Gasteiger partial charge >= 0.3 is 0 Å². The summed E-state index contributed by atoms with van der Waals surface area (Å²) in [4.78, 5) is 21.7. The van der Waals surface area contributed by atoms with Crippen LogP contribution in [0.2, 0.25) is 0 Å². The number of nitrogens with one attached hydrogen (secondary N) is 2. The van der Waals surface area contributed by atoms with Gasteiger partial charge in [-0.2, -0.15) is 5.10 Å². The van der Waals surface area contributed by atoms with E-state index in [4.69, 9.17) is 5.84 Å². The second-order valence-corrected chi connectivity index (χ2v) is 3.85. The average molecular weight is 261 g/mol. The maximum atomic E-state index is 11.7. The van der Waals surface area contributed by atoms with E-state index in [1.807, 2.05) is 5.43 Å². The van der Waals surface area contributed by atoms with Gasteiger partial charge in [-0.25, -0.2) is 5.84 Å². The normalized spacial score (nSPS) is 10.2. The van der Waals surface area contributed by atoms with Crippen LogP contribution in [0.3, 0.4) is 0 Å². The lowest BCUT2D eigenvalue weighted by molar-refractivity contribution is -0.384. The Morgan fingerprint density at radius 1 is 1.42 bits per heavy atom. The monoisotopic (exact) mass is 261 g/mol. The number of H-pyrrole nitrogens is 1. The summed E-state index contributed by atoms with van der Waals surface area (Å²) in [6.07, 6.45) is 0. The number of benzene rings is 1. The van der Waals surface area contributed by atoms with Gasteiger partial charge in [-0.05, 0) is 19.1 Å². The Morgan fingerprint density at radius 3 is 2.58 bits per heavy atom. The molecule has 0 aliphatic carbocycles. The van der Waals surface area contributed by atoms with Crippen molar-refractivity contribution in [1.82, 2.24) is 15.6 Å². The molecule has 0 fully saturated rings. The predicted octanol–water partition coefficient (Wildman–Crippen LogP) is 0.897. The van der Waals surface area contributed by atoms with Crippen molar-refractivity contribution < 1.29 is 9.72 Å². The van der Waals surface area contributed by atoms with Gasteiger partial charge in [-0.3, -0.25) is 25.4 Å². The number of carbonyl (C=O) groups is 1. The van der Waals surface area contributed by atoms with Crippen LogP contribution in [0, 0.1) is 17.0 Å². The number of rotatable bonds is 3. The Balaban J connectivity index is 2.47. The minimum absolute atomic E-state index is 0.0270. The molecule has 8 nitrogen and oxygen atoms in total. The molecule has 0 saturated carbocycles. The molecule has 0 saturated heterocycles. The first kappa shape index (κ1) is 12.7. The van der Waals surface area contributed by atoms with E-state index in [-0.39, 0.29) is 5.69 Å². The van der Waals surface area contributed by atoms with Crippen molar-refractivity contribution in [1.29, 1.82) is 0 Å². The second-order valence-electron chi connectivity index (χ2n) is 3.85. The molecule has 1 aromatic heterocycles. The zero-order valence-electron chi connectivity index (χ0n) is 10.0. The highest BCUT2D eigenvalue weighted by Crippen LogP contribution is 2.25. The summed E-state index contributed by atoms with van der Waals surface area (Å²) in [5.41, 5.74) is 3.89. The predicted molar refractivity (Wildman–Crippen MR) is 67.1 cm³/mol. The Bertz CT molecular complexity index is 632. The fourth-order valence-electron chi connectivity index (χ4n) is 1.73. The van der Waals surface area contributed by atoms with Gasteiger partial charge in [0.1, 0.15) is 5.69 Å². The molecule has 0 radical (unpaired) electrons. The molecule has 0 aliphatic heterocycles. The first-order valence-corrected chi connectivity index (χ1v) is 5.35. The zero-order valence-corrected chi connectivity index (χ0v) is 10.0. The summed E-state index contributed by atoms with van der Waals surface area (Å²) in [5.74, 6) is 4.64. The van der Waals surface area contributed by atoms with E-state index in [0.29, 0.717) is 22.5 Å². The molecule has 19 heavy (non-hydrogen) atoms. The first-order valence-electron chi connectivity index (χ1n) is 5.35. The van der Waals surface area contributed by atoms with Crippen LogP contribution in [0.1, 0.15) is 16.1 Å². The smallest absolute Gasteiger partial charge is 0.269 e. The molecule has 1 aromatic carbocycles. The number of nitrogens with zero attached hydrogens (tertiary/aromatic N) is 2. The topological polar surface area (TPSA) is 127 Å². The highest BCUT2D eigenvalue weighted by Gasteiger charge is 2.19. The van der Waals surface area contributed by atoms with E-state index in [1.54, 1.807) is 6.92 Å². The molecular weight excluding hydrogens is 250 g/mol. The number of nitrogens with two attached hydrogens (primary N) is 1. The van der Waals surface area contributed by atoms with Gasteiger partial charge in [-0.15, -0.1) is 0 Å². The second kappa shape index (κ2) is 4.86. The molecule has 8 heteroatoms. The maximum absolute atomic E-state index is 11.7. The van der Waals surface area contributed by atoms with Crippen LogP contribution in [0.4, 0.5) is 5.69 Å². The van der Waals surface area contributed by atoms with Crippen LogP contribution in [-0.2, 0) is 0 Å². The standard InChI is InChI=1S/C11H11N5O3/c1-6-9(11(17)13-12)10(15-14-6)7-2-4-8(5-3-7)16(18)19/h2-5H,12H2,1H3,(H,13,17)(H,14,15). The lowest BCUT2D eigenvalue weighted by atomic mass is 10.1. The lowest BCUT2D eigenvalue weighted by Gasteiger charge is -2.02. The molecule has 4 N–H and O–H groups in total. The van der Waals surface area contributed by atoms with Crippen LogP contribution >= 0.6 is 0 Å². The Hall–Kier alpha value is -2.74. The first-order chi connectivity index (χ1) is 9.04. The van der Waals surface area contributed by atoms with Crippen LogP contribution in [0.25, 0.3) is 11.3 Å². The van der Waals surface area contributed by atoms with E-state index in [2.05, 4.69) is 10.2 Å². The maximum Gasteiger partial charge on any atom is 0.269 e. The van der Waals surface area contributed by atoms with E-state index in [9.17, 15) is 14.9 Å². The molecule has 1 heterocycles. The average Bonchev–Trinajstić information content (AvgIpc) is 2.80. The third-order valence-corrected chi connectivity index (χ3v) is 2.66. The fourth-order valence-corrected chi connectivity index (χ4v) is 1.73. The molecular formula is C11H11N5O3.